The van der Waals surface area contributed by atoms with Gasteiger partial charge in [-0.1, -0.05) is 44.5 Å². The zero-order valence-electron chi connectivity index (χ0n) is 13.0. The highest BCUT2D eigenvalue weighted by atomic mass is 16.5. The van der Waals surface area contributed by atoms with Gasteiger partial charge in [-0.15, -0.1) is 0 Å². The zero-order chi connectivity index (χ0) is 14.2. The van der Waals surface area contributed by atoms with Crippen LogP contribution in [0.1, 0.15) is 56.7 Å². The lowest BCUT2D eigenvalue weighted by atomic mass is 9.91. The summed E-state index contributed by atoms with van der Waals surface area (Å²) in [5, 5.41) is 3.71. The minimum Gasteiger partial charge on any atom is -0.381 e. The average molecular weight is 275 g/mol. The summed E-state index contributed by atoms with van der Waals surface area (Å²) in [6.45, 7) is 7.38. The van der Waals surface area contributed by atoms with Gasteiger partial charge in [0.15, 0.2) is 0 Å². The Morgan fingerprint density at radius 1 is 1.20 bits per heavy atom. The number of benzene rings is 1. The third kappa shape index (κ3) is 4.32. The summed E-state index contributed by atoms with van der Waals surface area (Å²) in [6, 6.07) is 9.70. The largest absolute Gasteiger partial charge is 0.381 e. The van der Waals surface area contributed by atoms with E-state index in [0.717, 1.165) is 19.8 Å². The van der Waals surface area contributed by atoms with Crippen molar-refractivity contribution in [3.05, 3.63) is 35.4 Å². The normalized spacial score (nSPS) is 20.2. The van der Waals surface area contributed by atoms with E-state index in [9.17, 15) is 0 Å². The van der Waals surface area contributed by atoms with E-state index >= 15 is 0 Å². The van der Waals surface area contributed by atoms with Gasteiger partial charge >= 0.3 is 0 Å². The highest BCUT2D eigenvalue weighted by molar-refractivity contribution is 5.26. The molecule has 0 radical (unpaired) electrons. The van der Waals surface area contributed by atoms with Gasteiger partial charge in [0.2, 0.25) is 0 Å². The average Bonchev–Trinajstić information content (AvgIpc) is 3.01. The first-order chi connectivity index (χ1) is 9.85. The molecule has 1 aromatic carbocycles. The molecule has 0 amide bonds. The van der Waals surface area contributed by atoms with Crippen LogP contribution in [0, 0.1) is 5.92 Å². The van der Waals surface area contributed by atoms with Crippen molar-refractivity contribution < 1.29 is 4.74 Å². The second kappa shape index (κ2) is 8.43. The Hall–Kier alpha value is -0.860. The standard InChI is InChI=1S/C18H29NO/c1-3-5-6-15-7-9-16(10-8-15)18(19-12-4-2)17-11-13-20-14-17/h7-10,17-19H,3-6,11-14H2,1-2H3. The molecule has 20 heavy (non-hydrogen) atoms. The van der Waals surface area contributed by atoms with Crippen LogP contribution in [0.15, 0.2) is 24.3 Å². The van der Waals surface area contributed by atoms with Crippen molar-refractivity contribution in [1.82, 2.24) is 5.32 Å². The van der Waals surface area contributed by atoms with Crippen LogP contribution in [0.25, 0.3) is 0 Å². The third-order valence-corrected chi connectivity index (χ3v) is 4.21. The quantitative estimate of drug-likeness (QED) is 0.771. The van der Waals surface area contributed by atoms with E-state index < -0.39 is 0 Å². The maximum absolute atomic E-state index is 5.58. The topological polar surface area (TPSA) is 21.3 Å². The summed E-state index contributed by atoms with van der Waals surface area (Å²) in [4.78, 5) is 0. The molecule has 0 aliphatic carbocycles. The second-order valence-corrected chi connectivity index (χ2v) is 5.90. The summed E-state index contributed by atoms with van der Waals surface area (Å²) < 4.78 is 5.58. The fourth-order valence-electron chi connectivity index (χ4n) is 2.94. The molecule has 0 aromatic heterocycles. The molecule has 1 aliphatic rings. The fourth-order valence-corrected chi connectivity index (χ4v) is 2.94. The Labute approximate surface area is 123 Å². The van der Waals surface area contributed by atoms with Gasteiger partial charge in [0.1, 0.15) is 0 Å². The lowest BCUT2D eigenvalue weighted by molar-refractivity contribution is 0.176. The second-order valence-electron chi connectivity index (χ2n) is 5.90. The Morgan fingerprint density at radius 2 is 2.00 bits per heavy atom. The number of unbranched alkanes of at least 4 members (excludes halogenated alkanes) is 1. The van der Waals surface area contributed by atoms with E-state index in [4.69, 9.17) is 4.74 Å². The van der Waals surface area contributed by atoms with Crippen molar-refractivity contribution in [3.63, 3.8) is 0 Å². The lowest BCUT2D eigenvalue weighted by Crippen LogP contribution is -2.29. The van der Waals surface area contributed by atoms with Gasteiger partial charge in [-0.25, -0.2) is 0 Å². The molecule has 1 saturated heterocycles. The maximum atomic E-state index is 5.58. The molecular formula is C18H29NO. The number of hydrogen-bond acceptors (Lipinski definition) is 2. The predicted molar refractivity (Wildman–Crippen MR) is 85.0 cm³/mol. The van der Waals surface area contributed by atoms with Crippen LogP contribution in [0.2, 0.25) is 0 Å². The molecule has 0 bridgehead atoms. The maximum Gasteiger partial charge on any atom is 0.0513 e. The summed E-state index contributed by atoms with van der Waals surface area (Å²) in [5.74, 6) is 0.628. The third-order valence-electron chi connectivity index (χ3n) is 4.21. The van der Waals surface area contributed by atoms with Crippen LogP contribution < -0.4 is 5.32 Å². The van der Waals surface area contributed by atoms with Crippen molar-refractivity contribution in [2.75, 3.05) is 19.8 Å². The monoisotopic (exact) mass is 275 g/mol. The molecule has 2 heteroatoms. The Bertz CT molecular complexity index is 368. The van der Waals surface area contributed by atoms with Gasteiger partial charge < -0.3 is 10.1 Å². The number of rotatable bonds is 8. The van der Waals surface area contributed by atoms with Gasteiger partial charge in [0, 0.05) is 18.6 Å². The molecule has 1 aromatic rings. The molecule has 1 aliphatic heterocycles. The Balaban J connectivity index is 2.03. The smallest absolute Gasteiger partial charge is 0.0513 e. The minimum atomic E-state index is 0.456. The molecule has 2 nitrogen and oxygen atoms in total. The highest BCUT2D eigenvalue weighted by Crippen LogP contribution is 2.29. The highest BCUT2D eigenvalue weighted by Gasteiger charge is 2.26. The first-order valence-electron chi connectivity index (χ1n) is 8.25. The zero-order valence-corrected chi connectivity index (χ0v) is 13.0. The number of aryl methyl sites for hydroxylation is 1. The summed E-state index contributed by atoms with van der Waals surface area (Å²) in [6.07, 6.45) is 6.11. The van der Waals surface area contributed by atoms with Crippen molar-refractivity contribution >= 4 is 0 Å². The molecule has 112 valence electrons. The van der Waals surface area contributed by atoms with E-state index in [2.05, 4.69) is 43.4 Å². The molecule has 2 unspecified atom stereocenters. The molecule has 1 fully saturated rings. The summed E-state index contributed by atoms with van der Waals surface area (Å²) >= 11 is 0. The molecule has 2 atom stereocenters. The van der Waals surface area contributed by atoms with Gasteiger partial charge in [0.25, 0.3) is 0 Å². The van der Waals surface area contributed by atoms with Gasteiger partial charge in [0.05, 0.1) is 6.61 Å². The van der Waals surface area contributed by atoms with Gasteiger partial charge in [-0.05, 0) is 43.4 Å². The summed E-state index contributed by atoms with van der Waals surface area (Å²) in [5.41, 5.74) is 2.89. The van der Waals surface area contributed by atoms with E-state index in [1.54, 1.807) is 0 Å². The van der Waals surface area contributed by atoms with Gasteiger partial charge in [-0.2, -0.15) is 0 Å². The van der Waals surface area contributed by atoms with E-state index in [-0.39, 0.29) is 0 Å². The van der Waals surface area contributed by atoms with Crippen LogP contribution >= 0.6 is 0 Å². The lowest BCUT2D eigenvalue weighted by Gasteiger charge is -2.24. The molecular weight excluding hydrogens is 246 g/mol. The minimum absolute atomic E-state index is 0.456. The molecule has 1 N–H and O–H groups in total. The first-order valence-corrected chi connectivity index (χ1v) is 8.25. The van der Waals surface area contributed by atoms with E-state index in [1.165, 1.54) is 43.2 Å². The van der Waals surface area contributed by atoms with Crippen LogP contribution in [0.4, 0.5) is 0 Å². The number of hydrogen-bond donors (Lipinski definition) is 1. The number of nitrogens with one attached hydrogen (secondary N) is 1. The van der Waals surface area contributed by atoms with Crippen LogP contribution in [0.3, 0.4) is 0 Å². The van der Waals surface area contributed by atoms with Crippen molar-refractivity contribution in [3.8, 4) is 0 Å². The fraction of sp³-hybridized carbons (Fsp3) is 0.667. The molecule has 1 heterocycles. The van der Waals surface area contributed by atoms with E-state index in [0.29, 0.717) is 12.0 Å². The van der Waals surface area contributed by atoms with Crippen molar-refractivity contribution in [2.45, 2.75) is 52.0 Å². The van der Waals surface area contributed by atoms with Crippen molar-refractivity contribution in [2.24, 2.45) is 5.92 Å². The predicted octanol–water partition coefficient (Wildman–Crippen LogP) is 4.11. The van der Waals surface area contributed by atoms with Crippen molar-refractivity contribution in [1.29, 1.82) is 0 Å². The molecule has 0 spiro atoms. The summed E-state index contributed by atoms with van der Waals surface area (Å²) in [7, 11) is 0. The molecule has 2 rings (SSSR count). The van der Waals surface area contributed by atoms with Gasteiger partial charge in [-0.3, -0.25) is 0 Å². The van der Waals surface area contributed by atoms with Crippen LogP contribution in [-0.4, -0.2) is 19.8 Å². The first kappa shape index (κ1) is 15.5. The Kier molecular flexibility index (Phi) is 6.55. The van der Waals surface area contributed by atoms with Crippen LogP contribution in [0.5, 0.6) is 0 Å². The SMILES string of the molecule is CCCCc1ccc(C(NCCC)C2CCOC2)cc1. The Morgan fingerprint density at radius 3 is 2.60 bits per heavy atom. The van der Waals surface area contributed by atoms with Crippen LogP contribution in [-0.2, 0) is 11.2 Å². The number of ether oxygens (including phenoxy) is 1. The van der Waals surface area contributed by atoms with E-state index in [1.807, 2.05) is 0 Å². The molecule has 0 saturated carbocycles.